The predicted molar refractivity (Wildman–Crippen MR) is 79.5 cm³/mol. The van der Waals surface area contributed by atoms with E-state index in [1.54, 1.807) is 4.90 Å². The minimum absolute atomic E-state index is 0.0551. The first-order chi connectivity index (χ1) is 10.5. The number of β-amino-alcohol motifs (C(OH)–C–C–N with tert-alkyl or cyclic N) is 1. The number of anilines is 1. The van der Waals surface area contributed by atoms with E-state index >= 15 is 0 Å². The average molecular weight is 316 g/mol. The highest BCUT2D eigenvalue weighted by Gasteiger charge is 2.35. The summed E-state index contributed by atoms with van der Waals surface area (Å²) in [6, 6.07) is 3.97. The molecule has 0 amide bonds. The van der Waals surface area contributed by atoms with Gasteiger partial charge in [0.05, 0.1) is 24.2 Å². The molecular weight excluding hydrogens is 297 g/mol. The average Bonchev–Trinajstić information content (AvgIpc) is 2.48. The molecule has 3 N–H and O–H groups in total. The molecule has 8 heteroatoms. The van der Waals surface area contributed by atoms with Gasteiger partial charge in [-0.2, -0.15) is 13.2 Å². The Morgan fingerprint density at radius 3 is 2.45 bits per heavy atom. The fraction of sp³-hybridized carbons (Fsp3) is 0.500. The van der Waals surface area contributed by atoms with Crippen LogP contribution in [0.3, 0.4) is 0 Å². The summed E-state index contributed by atoms with van der Waals surface area (Å²) in [6.45, 7) is 2.83. The van der Waals surface area contributed by atoms with Crippen LogP contribution in [0, 0.1) is 0 Å². The highest BCUT2D eigenvalue weighted by atomic mass is 19.4. The van der Waals surface area contributed by atoms with Crippen molar-refractivity contribution in [2.45, 2.75) is 6.18 Å². The Labute approximate surface area is 126 Å². The number of piperazine rings is 1. The van der Waals surface area contributed by atoms with E-state index in [1.165, 1.54) is 12.1 Å². The Morgan fingerprint density at radius 1 is 1.23 bits per heavy atom. The Balaban J connectivity index is 2.23. The Bertz CT molecular complexity index is 525. The van der Waals surface area contributed by atoms with Gasteiger partial charge in [0.2, 0.25) is 0 Å². The third-order valence-electron chi connectivity index (χ3n) is 3.64. The van der Waals surface area contributed by atoms with Crippen LogP contribution in [0.25, 0.3) is 0 Å². The molecule has 1 aliphatic rings. The van der Waals surface area contributed by atoms with Gasteiger partial charge in [-0.15, -0.1) is 0 Å². The van der Waals surface area contributed by atoms with Crippen molar-refractivity contribution in [1.82, 2.24) is 4.90 Å². The number of rotatable bonds is 4. The van der Waals surface area contributed by atoms with Crippen LogP contribution in [0.2, 0.25) is 0 Å². The van der Waals surface area contributed by atoms with E-state index < -0.39 is 11.7 Å². The van der Waals surface area contributed by atoms with Gasteiger partial charge in [-0.1, -0.05) is 0 Å². The first-order valence-electron chi connectivity index (χ1n) is 6.99. The van der Waals surface area contributed by atoms with E-state index in [2.05, 4.69) is 4.99 Å². The largest absolute Gasteiger partial charge is 0.418 e. The molecule has 0 radical (unpaired) electrons. The molecule has 1 aromatic carbocycles. The number of aliphatic imine (C=N–C) groups is 1. The number of alkyl halides is 3. The molecule has 1 aliphatic heterocycles. The van der Waals surface area contributed by atoms with Gasteiger partial charge < -0.3 is 15.7 Å². The summed E-state index contributed by atoms with van der Waals surface area (Å²) in [7, 11) is 0. The summed E-state index contributed by atoms with van der Waals surface area (Å²) < 4.78 is 39.8. The predicted octanol–water partition coefficient (Wildman–Crippen LogP) is 1.44. The van der Waals surface area contributed by atoms with E-state index in [1.807, 2.05) is 4.90 Å². The number of aliphatic hydroxyl groups is 1. The fourth-order valence-corrected chi connectivity index (χ4v) is 2.55. The minimum atomic E-state index is -4.45. The van der Waals surface area contributed by atoms with Crippen molar-refractivity contribution in [2.24, 2.45) is 10.7 Å². The zero-order valence-electron chi connectivity index (χ0n) is 12.1. The van der Waals surface area contributed by atoms with E-state index in [4.69, 9.17) is 10.8 Å². The molecule has 0 aliphatic carbocycles. The first kappa shape index (κ1) is 16.6. The molecule has 5 nitrogen and oxygen atoms in total. The quantitative estimate of drug-likeness (QED) is 0.652. The number of halogens is 3. The summed E-state index contributed by atoms with van der Waals surface area (Å²) >= 11 is 0. The van der Waals surface area contributed by atoms with Gasteiger partial charge in [0.1, 0.15) is 0 Å². The summed E-state index contributed by atoms with van der Waals surface area (Å²) in [5.74, 6) is 0. The summed E-state index contributed by atoms with van der Waals surface area (Å²) in [5.41, 5.74) is 4.77. The van der Waals surface area contributed by atoms with Crippen LogP contribution in [0.15, 0.2) is 23.2 Å². The van der Waals surface area contributed by atoms with Crippen LogP contribution < -0.4 is 10.6 Å². The molecule has 0 bridgehead atoms. The van der Waals surface area contributed by atoms with Crippen molar-refractivity contribution in [1.29, 1.82) is 0 Å². The van der Waals surface area contributed by atoms with Gasteiger partial charge in [0, 0.05) is 38.4 Å². The standard InChI is InChI=1S/C14H19F3N4O/c15-14(16,17)12-9-11(19-10-18)1-2-13(12)21-5-3-20(4-6-21)7-8-22/h1-2,9-10,22H,3-8H2,(H2,18,19). The van der Waals surface area contributed by atoms with E-state index in [-0.39, 0.29) is 18.0 Å². The summed E-state index contributed by atoms with van der Waals surface area (Å²) in [5, 5.41) is 8.91. The lowest BCUT2D eigenvalue weighted by atomic mass is 10.1. The Kier molecular flexibility index (Phi) is 5.25. The van der Waals surface area contributed by atoms with E-state index in [0.717, 1.165) is 12.4 Å². The second-order valence-corrected chi connectivity index (χ2v) is 5.03. The van der Waals surface area contributed by atoms with E-state index in [9.17, 15) is 13.2 Å². The highest BCUT2D eigenvalue weighted by molar-refractivity contribution is 5.65. The summed E-state index contributed by atoms with van der Waals surface area (Å²) in [4.78, 5) is 7.44. The second-order valence-electron chi connectivity index (χ2n) is 5.03. The molecular formula is C14H19F3N4O. The first-order valence-corrected chi connectivity index (χ1v) is 6.99. The molecule has 0 saturated carbocycles. The van der Waals surface area contributed by atoms with Gasteiger partial charge in [-0.25, -0.2) is 4.99 Å². The Morgan fingerprint density at radius 2 is 1.91 bits per heavy atom. The molecule has 0 unspecified atom stereocenters. The van der Waals surface area contributed by atoms with Crippen LogP contribution in [0.5, 0.6) is 0 Å². The van der Waals surface area contributed by atoms with Crippen molar-refractivity contribution < 1.29 is 18.3 Å². The maximum atomic E-state index is 13.3. The van der Waals surface area contributed by atoms with Gasteiger partial charge in [-0.05, 0) is 18.2 Å². The molecule has 2 rings (SSSR count). The third kappa shape index (κ3) is 3.89. The van der Waals surface area contributed by atoms with Crippen LogP contribution in [0.1, 0.15) is 5.56 Å². The maximum absolute atomic E-state index is 13.3. The molecule has 1 heterocycles. The van der Waals surface area contributed by atoms with Crippen molar-refractivity contribution in [3.63, 3.8) is 0 Å². The van der Waals surface area contributed by atoms with Crippen molar-refractivity contribution in [3.05, 3.63) is 23.8 Å². The zero-order chi connectivity index (χ0) is 16.2. The number of aliphatic hydroxyl groups excluding tert-OH is 1. The molecule has 0 aromatic heterocycles. The number of benzene rings is 1. The molecule has 22 heavy (non-hydrogen) atoms. The molecule has 0 spiro atoms. The third-order valence-corrected chi connectivity index (χ3v) is 3.64. The Hall–Kier alpha value is -1.80. The molecule has 1 aromatic rings. The lowest BCUT2D eigenvalue weighted by Crippen LogP contribution is -2.47. The minimum Gasteiger partial charge on any atom is -0.395 e. The second kappa shape index (κ2) is 6.97. The van der Waals surface area contributed by atoms with Crippen LogP contribution in [-0.4, -0.2) is 55.7 Å². The van der Waals surface area contributed by atoms with Crippen LogP contribution >= 0.6 is 0 Å². The molecule has 0 atom stereocenters. The fourth-order valence-electron chi connectivity index (χ4n) is 2.55. The SMILES string of the molecule is NC=Nc1ccc(N2CCN(CCO)CC2)c(C(F)(F)F)c1. The number of hydrogen-bond acceptors (Lipinski definition) is 4. The van der Waals surface area contributed by atoms with Gasteiger partial charge in [0.25, 0.3) is 0 Å². The number of hydrogen-bond donors (Lipinski definition) is 2. The topological polar surface area (TPSA) is 65.1 Å². The van der Waals surface area contributed by atoms with E-state index in [0.29, 0.717) is 32.7 Å². The van der Waals surface area contributed by atoms with Gasteiger partial charge in [0.15, 0.2) is 0 Å². The molecule has 1 saturated heterocycles. The lowest BCUT2D eigenvalue weighted by Gasteiger charge is -2.36. The van der Waals surface area contributed by atoms with Crippen molar-refractivity contribution in [3.8, 4) is 0 Å². The normalized spacial score (nSPS) is 17.4. The van der Waals surface area contributed by atoms with Crippen LogP contribution in [-0.2, 0) is 6.18 Å². The molecule has 1 fully saturated rings. The van der Waals surface area contributed by atoms with Crippen LogP contribution in [0.4, 0.5) is 24.5 Å². The maximum Gasteiger partial charge on any atom is 0.418 e. The zero-order valence-corrected chi connectivity index (χ0v) is 12.1. The smallest absolute Gasteiger partial charge is 0.395 e. The highest BCUT2D eigenvalue weighted by Crippen LogP contribution is 2.39. The monoisotopic (exact) mass is 316 g/mol. The number of nitrogens with zero attached hydrogens (tertiary/aromatic N) is 3. The van der Waals surface area contributed by atoms with Crippen molar-refractivity contribution in [2.75, 3.05) is 44.2 Å². The molecule has 122 valence electrons. The van der Waals surface area contributed by atoms with Gasteiger partial charge >= 0.3 is 6.18 Å². The lowest BCUT2D eigenvalue weighted by molar-refractivity contribution is -0.137. The van der Waals surface area contributed by atoms with Gasteiger partial charge in [-0.3, -0.25) is 4.90 Å². The number of nitrogens with two attached hydrogens (primary N) is 1. The summed E-state index contributed by atoms with van der Waals surface area (Å²) in [6.07, 6.45) is -3.47. The van der Waals surface area contributed by atoms with Crippen molar-refractivity contribution >= 4 is 17.7 Å².